The molecule has 1 rings (SSSR count). The summed E-state index contributed by atoms with van der Waals surface area (Å²) in [5.74, 6) is -2.50. The molecule has 3 atom stereocenters. The summed E-state index contributed by atoms with van der Waals surface area (Å²) in [5, 5.41) is 13.8. The van der Waals surface area contributed by atoms with E-state index < -0.39 is 42.5 Å². The number of rotatable bonds is 11. The number of carbonyl (C=O) groups excluding carboxylic acids is 3. The molecule has 0 radical (unpaired) electrons. The first-order valence-corrected chi connectivity index (χ1v) is 9.75. The van der Waals surface area contributed by atoms with E-state index in [1.165, 1.54) is 4.90 Å². The number of likely N-dealkylation sites (tertiary alicyclic amines) is 1. The number of unbranched alkanes of at least 4 members (excludes halogenated alkanes) is 1. The van der Waals surface area contributed by atoms with Crippen molar-refractivity contribution in [2.75, 3.05) is 19.6 Å². The number of nitrogens with zero attached hydrogens (tertiary/aromatic N) is 1. The molecule has 0 unspecified atom stereocenters. The summed E-state index contributed by atoms with van der Waals surface area (Å²) >= 11 is 0. The van der Waals surface area contributed by atoms with Gasteiger partial charge in [0.1, 0.15) is 18.6 Å². The van der Waals surface area contributed by atoms with Crippen molar-refractivity contribution in [1.82, 2.24) is 15.5 Å². The van der Waals surface area contributed by atoms with Gasteiger partial charge in [0.25, 0.3) is 0 Å². The largest absolute Gasteiger partial charge is 0.480 e. The number of carbonyl (C=O) groups is 4. The van der Waals surface area contributed by atoms with Crippen LogP contribution in [0, 0.1) is 5.92 Å². The highest BCUT2D eigenvalue weighted by molar-refractivity contribution is 5.94. The van der Waals surface area contributed by atoms with Crippen LogP contribution in [0.4, 0.5) is 0 Å². The SMILES string of the molecule is CC(C)[C@H](N)C(=O)N[C@@H](CCCCN)C(=O)N1CCC[C@H]1C(=O)NCC(=O)O. The third-order valence-electron chi connectivity index (χ3n) is 4.83. The van der Waals surface area contributed by atoms with Crippen LogP contribution in [0.5, 0.6) is 0 Å². The van der Waals surface area contributed by atoms with E-state index in [0.717, 1.165) is 0 Å². The zero-order chi connectivity index (χ0) is 21.3. The van der Waals surface area contributed by atoms with Gasteiger partial charge in [-0.2, -0.15) is 0 Å². The number of hydrogen-bond donors (Lipinski definition) is 5. The number of carboxylic acid groups (broad SMARTS) is 1. The summed E-state index contributed by atoms with van der Waals surface area (Å²) in [7, 11) is 0. The van der Waals surface area contributed by atoms with E-state index in [-0.39, 0.29) is 11.8 Å². The molecule has 10 heteroatoms. The van der Waals surface area contributed by atoms with Crippen LogP contribution in [0.1, 0.15) is 46.0 Å². The summed E-state index contributed by atoms with van der Waals surface area (Å²) in [4.78, 5) is 49.8. The van der Waals surface area contributed by atoms with Gasteiger partial charge in [0.15, 0.2) is 0 Å². The molecule has 160 valence electrons. The van der Waals surface area contributed by atoms with Crippen molar-refractivity contribution >= 4 is 23.7 Å². The van der Waals surface area contributed by atoms with Crippen molar-refractivity contribution in [2.24, 2.45) is 17.4 Å². The van der Waals surface area contributed by atoms with Gasteiger partial charge in [-0.05, 0) is 44.6 Å². The third kappa shape index (κ3) is 7.08. The summed E-state index contributed by atoms with van der Waals surface area (Å²) in [6.07, 6.45) is 2.83. The second-order valence-corrected chi connectivity index (χ2v) is 7.42. The predicted octanol–water partition coefficient (Wildman–Crippen LogP) is -1.22. The molecule has 0 aromatic carbocycles. The van der Waals surface area contributed by atoms with E-state index in [1.54, 1.807) is 0 Å². The Morgan fingerprint density at radius 1 is 1.21 bits per heavy atom. The normalized spacial score (nSPS) is 18.6. The fourth-order valence-corrected chi connectivity index (χ4v) is 3.10. The van der Waals surface area contributed by atoms with Crippen LogP contribution < -0.4 is 22.1 Å². The van der Waals surface area contributed by atoms with Crippen LogP contribution in [-0.4, -0.2) is 71.5 Å². The van der Waals surface area contributed by atoms with Crippen LogP contribution in [0.2, 0.25) is 0 Å². The fraction of sp³-hybridized carbons (Fsp3) is 0.778. The van der Waals surface area contributed by atoms with Crippen molar-refractivity contribution in [3.8, 4) is 0 Å². The molecular formula is C18H33N5O5. The molecule has 0 saturated carbocycles. The van der Waals surface area contributed by atoms with Gasteiger partial charge in [-0.1, -0.05) is 13.8 Å². The lowest BCUT2D eigenvalue weighted by Gasteiger charge is -2.29. The second-order valence-electron chi connectivity index (χ2n) is 7.42. The zero-order valence-corrected chi connectivity index (χ0v) is 16.6. The molecule has 1 heterocycles. The molecule has 1 aliphatic heterocycles. The number of hydrogen-bond acceptors (Lipinski definition) is 6. The van der Waals surface area contributed by atoms with E-state index in [2.05, 4.69) is 10.6 Å². The average molecular weight is 399 g/mol. The lowest BCUT2D eigenvalue weighted by Crippen LogP contribution is -2.56. The van der Waals surface area contributed by atoms with Crippen LogP contribution >= 0.6 is 0 Å². The zero-order valence-electron chi connectivity index (χ0n) is 16.6. The number of nitrogens with two attached hydrogens (primary N) is 2. The minimum absolute atomic E-state index is 0.0823. The first kappa shape index (κ1) is 23.8. The van der Waals surface area contributed by atoms with Gasteiger partial charge in [-0.25, -0.2) is 0 Å². The average Bonchev–Trinajstić information content (AvgIpc) is 3.13. The Labute approximate surface area is 165 Å². The summed E-state index contributed by atoms with van der Waals surface area (Å²) < 4.78 is 0. The summed E-state index contributed by atoms with van der Waals surface area (Å²) in [6.45, 7) is 3.99. The summed E-state index contributed by atoms with van der Waals surface area (Å²) in [6, 6.07) is -2.27. The first-order valence-electron chi connectivity index (χ1n) is 9.75. The van der Waals surface area contributed by atoms with E-state index in [9.17, 15) is 19.2 Å². The van der Waals surface area contributed by atoms with Gasteiger partial charge in [0, 0.05) is 6.54 Å². The molecule has 1 fully saturated rings. The molecule has 7 N–H and O–H groups in total. The van der Waals surface area contributed by atoms with Crippen molar-refractivity contribution < 1.29 is 24.3 Å². The minimum Gasteiger partial charge on any atom is -0.480 e. The van der Waals surface area contributed by atoms with Crippen LogP contribution in [-0.2, 0) is 19.2 Å². The third-order valence-corrected chi connectivity index (χ3v) is 4.83. The number of aliphatic carboxylic acids is 1. The Morgan fingerprint density at radius 2 is 1.89 bits per heavy atom. The molecule has 10 nitrogen and oxygen atoms in total. The van der Waals surface area contributed by atoms with Crippen molar-refractivity contribution in [3.63, 3.8) is 0 Å². The van der Waals surface area contributed by atoms with E-state index in [4.69, 9.17) is 16.6 Å². The van der Waals surface area contributed by atoms with Crippen LogP contribution in [0.25, 0.3) is 0 Å². The first-order chi connectivity index (χ1) is 13.2. The van der Waals surface area contributed by atoms with E-state index in [0.29, 0.717) is 45.2 Å². The van der Waals surface area contributed by atoms with E-state index >= 15 is 0 Å². The number of nitrogens with one attached hydrogen (secondary N) is 2. The van der Waals surface area contributed by atoms with Crippen molar-refractivity contribution in [2.45, 2.75) is 64.1 Å². The highest BCUT2D eigenvalue weighted by atomic mass is 16.4. The van der Waals surface area contributed by atoms with Gasteiger partial charge in [0.05, 0.1) is 6.04 Å². The molecule has 3 amide bonds. The minimum atomic E-state index is -1.15. The van der Waals surface area contributed by atoms with Gasteiger partial charge in [0.2, 0.25) is 17.7 Å². The molecule has 0 aliphatic carbocycles. The Morgan fingerprint density at radius 3 is 2.46 bits per heavy atom. The molecule has 0 aromatic heterocycles. The maximum atomic E-state index is 13.1. The fourth-order valence-electron chi connectivity index (χ4n) is 3.10. The topological polar surface area (TPSA) is 168 Å². The molecular weight excluding hydrogens is 366 g/mol. The molecule has 1 aliphatic rings. The number of carboxylic acids is 1. The smallest absolute Gasteiger partial charge is 0.322 e. The lowest BCUT2D eigenvalue weighted by molar-refractivity contribution is -0.143. The molecule has 1 saturated heterocycles. The standard InChI is InChI=1S/C18H33N5O5/c1-11(2)15(20)17(27)22-12(6-3-4-8-19)18(28)23-9-5-7-13(23)16(26)21-10-14(24)25/h11-13,15H,3-10,19-20H2,1-2H3,(H,21,26)(H,22,27)(H,24,25)/t12-,13-,15-/m0/s1. The maximum absolute atomic E-state index is 13.1. The Kier molecular flexibility index (Phi) is 9.88. The number of amides is 3. The van der Waals surface area contributed by atoms with Crippen LogP contribution in [0.3, 0.4) is 0 Å². The summed E-state index contributed by atoms with van der Waals surface area (Å²) in [5.41, 5.74) is 11.4. The van der Waals surface area contributed by atoms with Crippen molar-refractivity contribution in [1.29, 1.82) is 0 Å². The Balaban J connectivity index is 2.85. The predicted molar refractivity (Wildman–Crippen MR) is 103 cm³/mol. The van der Waals surface area contributed by atoms with Gasteiger partial charge >= 0.3 is 5.97 Å². The van der Waals surface area contributed by atoms with Gasteiger partial charge in [-0.15, -0.1) is 0 Å². The van der Waals surface area contributed by atoms with Gasteiger partial charge in [-0.3, -0.25) is 19.2 Å². The molecule has 28 heavy (non-hydrogen) atoms. The Hall–Kier alpha value is -2.20. The molecule has 0 spiro atoms. The highest BCUT2D eigenvalue weighted by Gasteiger charge is 2.38. The lowest BCUT2D eigenvalue weighted by atomic mass is 10.0. The van der Waals surface area contributed by atoms with Crippen molar-refractivity contribution in [3.05, 3.63) is 0 Å². The maximum Gasteiger partial charge on any atom is 0.322 e. The second kappa shape index (κ2) is 11.6. The van der Waals surface area contributed by atoms with Crippen LogP contribution in [0.15, 0.2) is 0 Å². The molecule has 0 aromatic rings. The monoisotopic (exact) mass is 399 g/mol. The highest BCUT2D eigenvalue weighted by Crippen LogP contribution is 2.20. The Bertz CT molecular complexity index is 569. The molecule has 0 bridgehead atoms. The van der Waals surface area contributed by atoms with Gasteiger partial charge < -0.3 is 32.1 Å². The quantitative estimate of drug-likeness (QED) is 0.271. The van der Waals surface area contributed by atoms with E-state index in [1.807, 2.05) is 13.8 Å².